The highest BCUT2D eigenvalue weighted by Gasteiger charge is 2.30. The predicted molar refractivity (Wildman–Crippen MR) is 92.8 cm³/mol. The second-order valence-corrected chi connectivity index (χ2v) is 8.01. The molecule has 2 aliphatic rings. The van der Waals surface area contributed by atoms with Crippen molar-refractivity contribution in [1.29, 1.82) is 0 Å². The van der Waals surface area contributed by atoms with Gasteiger partial charge in [0, 0.05) is 25.5 Å². The summed E-state index contributed by atoms with van der Waals surface area (Å²) in [5.74, 6) is -0.107. The second kappa shape index (κ2) is 5.69. The first-order valence-corrected chi connectivity index (χ1v) is 9.56. The molecule has 25 heavy (non-hydrogen) atoms. The third-order valence-electron chi connectivity index (χ3n) is 4.48. The van der Waals surface area contributed by atoms with Crippen LogP contribution >= 0.6 is 0 Å². The van der Waals surface area contributed by atoms with Crippen molar-refractivity contribution in [3.63, 3.8) is 0 Å². The molecule has 2 aliphatic heterocycles. The predicted octanol–water partition coefficient (Wildman–Crippen LogP) is 1.07. The highest BCUT2D eigenvalue weighted by atomic mass is 32.2. The topological polar surface area (TPSA) is 88.4 Å². The summed E-state index contributed by atoms with van der Waals surface area (Å²) in [6.07, 6.45) is 6.09. The van der Waals surface area contributed by atoms with Crippen LogP contribution in [0.15, 0.2) is 36.7 Å². The Hall–Kier alpha value is -2.68. The minimum atomic E-state index is -3.36. The molecule has 0 saturated heterocycles. The summed E-state index contributed by atoms with van der Waals surface area (Å²) in [7, 11) is -1.70. The maximum absolute atomic E-state index is 12.8. The van der Waals surface area contributed by atoms with E-state index >= 15 is 0 Å². The van der Waals surface area contributed by atoms with Gasteiger partial charge >= 0.3 is 0 Å². The van der Waals surface area contributed by atoms with Crippen LogP contribution < -0.4 is 9.21 Å². The average Bonchev–Trinajstić information content (AvgIpc) is 3.19. The lowest BCUT2D eigenvalue weighted by molar-refractivity contribution is 0.0980. The molecule has 9 heteroatoms. The molecule has 0 fully saturated rings. The van der Waals surface area contributed by atoms with Crippen LogP contribution in [0.1, 0.15) is 22.5 Å². The van der Waals surface area contributed by atoms with Crippen molar-refractivity contribution in [2.45, 2.75) is 12.8 Å². The molecule has 0 aliphatic carbocycles. The van der Waals surface area contributed by atoms with E-state index in [1.165, 1.54) is 15.2 Å². The van der Waals surface area contributed by atoms with Crippen molar-refractivity contribution in [1.82, 2.24) is 15.0 Å². The van der Waals surface area contributed by atoms with Crippen LogP contribution in [0, 0.1) is 0 Å². The number of hydrogen-bond donors (Lipinski definition) is 0. The second-order valence-electron chi connectivity index (χ2n) is 6.05. The largest absolute Gasteiger partial charge is 0.306 e. The van der Waals surface area contributed by atoms with E-state index < -0.39 is 10.0 Å². The van der Waals surface area contributed by atoms with Gasteiger partial charge in [0.1, 0.15) is 5.69 Å². The van der Waals surface area contributed by atoms with Crippen LogP contribution in [-0.4, -0.2) is 41.6 Å². The van der Waals surface area contributed by atoms with Gasteiger partial charge in [-0.15, -0.1) is 5.10 Å². The molecule has 130 valence electrons. The standard InChI is InChI=1S/C16H17N5O3S/c1-19-15(11-17-18-19)16(22)20-8-6-12-4-5-13(10-14(12)20)21-7-2-3-9-25(21,23)24/h2,4-5,7,10-11H,3,6,8-9H2,1H3. The fourth-order valence-electron chi connectivity index (χ4n) is 3.16. The monoisotopic (exact) mass is 359 g/mol. The number of hydrogen-bond acceptors (Lipinski definition) is 5. The van der Waals surface area contributed by atoms with Crippen LogP contribution in [0.25, 0.3) is 0 Å². The van der Waals surface area contributed by atoms with Crippen LogP contribution in [0.2, 0.25) is 0 Å². The Morgan fingerprint density at radius 1 is 1.28 bits per heavy atom. The van der Waals surface area contributed by atoms with Crippen molar-refractivity contribution in [2.24, 2.45) is 7.05 Å². The van der Waals surface area contributed by atoms with E-state index in [0.717, 1.165) is 17.7 Å². The number of nitrogens with zero attached hydrogens (tertiary/aromatic N) is 5. The molecule has 0 unspecified atom stereocenters. The van der Waals surface area contributed by atoms with Crippen molar-refractivity contribution < 1.29 is 13.2 Å². The van der Waals surface area contributed by atoms with Gasteiger partial charge in [-0.25, -0.2) is 17.4 Å². The fourth-order valence-corrected chi connectivity index (χ4v) is 4.50. The van der Waals surface area contributed by atoms with E-state index in [2.05, 4.69) is 10.3 Å². The van der Waals surface area contributed by atoms with Gasteiger partial charge in [-0.1, -0.05) is 17.4 Å². The molecular formula is C16H17N5O3S. The lowest BCUT2D eigenvalue weighted by Gasteiger charge is -2.25. The van der Waals surface area contributed by atoms with Crippen LogP contribution in [0.4, 0.5) is 11.4 Å². The number of carbonyl (C=O) groups excluding carboxylic acids is 1. The Bertz CT molecular complexity index is 979. The van der Waals surface area contributed by atoms with Gasteiger partial charge in [0.25, 0.3) is 5.91 Å². The molecule has 0 radical (unpaired) electrons. The normalized spacial score (nSPS) is 18.4. The molecule has 3 heterocycles. The number of carbonyl (C=O) groups is 1. The lowest BCUT2D eigenvalue weighted by atomic mass is 10.1. The summed E-state index contributed by atoms with van der Waals surface area (Å²) in [5.41, 5.74) is 2.68. The number of sulfonamides is 1. The van der Waals surface area contributed by atoms with Gasteiger partial charge in [-0.2, -0.15) is 0 Å². The third-order valence-corrected chi connectivity index (χ3v) is 6.16. The number of amides is 1. The first-order valence-electron chi connectivity index (χ1n) is 7.95. The SMILES string of the molecule is Cn1nncc1C(=O)N1CCc2ccc(N3C=CCCS3(=O)=O)cc21. The Kier molecular flexibility index (Phi) is 3.60. The maximum Gasteiger partial charge on any atom is 0.278 e. The first kappa shape index (κ1) is 15.8. The van der Waals surface area contributed by atoms with E-state index in [-0.39, 0.29) is 11.7 Å². The molecule has 1 aromatic carbocycles. The van der Waals surface area contributed by atoms with Crippen molar-refractivity contribution in [3.8, 4) is 0 Å². The summed E-state index contributed by atoms with van der Waals surface area (Å²) in [4.78, 5) is 14.4. The van der Waals surface area contributed by atoms with Crippen molar-refractivity contribution in [3.05, 3.63) is 47.9 Å². The third kappa shape index (κ3) is 2.60. The summed E-state index contributed by atoms with van der Waals surface area (Å²) in [6.45, 7) is 0.547. The molecule has 8 nitrogen and oxygen atoms in total. The molecule has 4 rings (SSSR count). The Balaban J connectivity index is 1.73. The van der Waals surface area contributed by atoms with Gasteiger partial charge in [-0.3, -0.25) is 4.79 Å². The number of benzene rings is 1. The molecule has 0 saturated carbocycles. The lowest BCUT2D eigenvalue weighted by Crippen LogP contribution is -2.32. The zero-order chi connectivity index (χ0) is 17.6. The minimum Gasteiger partial charge on any atom is -0.306 e. The first-order chi connectivity index (χ1) is 12.0. The summed E-state index contributed by atoms with van der Waals surface area (Å²) in [6, 6.07) is 5.43. The highest BCUT2D eigenvalue weighted by Crippen LogP contribution is 2.34. The zero-order valence-corrected chi connectivity index (χ0v) is 14.5. The molecular weight excluding hydrogens is 342 g/mol. The fraction of sp³-hybridized carbons (Fsp3) is 0.312. The Labute approximate surface area is 145 Å². The molecule has 1 amide bonds. The highest BCUT2D eigenvalue weighted by molar-refractivity contribution is 7.93. The maximum atomic E-state index is 12.8. The van der Waals surface area contributed by atoms with Gasteiger partial charge < -0.3 is 4.90 Å². The van der Waals surface area contributed by atoms with Crippen LogP contribution in [0.5, 0.6) is 0 Å². The van der Waals surface area contributed by atoms with Gasteiger partial charge in [0.15, 0.2) is 0 Å². The Morgan fingerprint density at radius 3 is 2.84 bits per heavy atom. The number of rotatable bonds is 2. The number of aryl methyl sites for hydroxylation is 1. The molecule has 1 aromatic heterocycles. The van der Waals surface area contributed by atoms with Crippen molar-refractivity contribution >= 4 is 27.3 Å². The van der Waals surface area contributed by atoms with Gasteiger partial charge in [0.05, 0.1) is 17.6 Å². The smallest absolute Gasteiger partial charge is 0.278 e. The van der Waals surface area contributed by atoms with E-state index in [1.807, 2.05) is 12.1 Å². The molecule has 0 N–H and O–H groups in total. The number of allylic oxidation sites excluding steroid dienone is 1. The summed E-state index contributed by atoms with van der Waals surface area (Å²) >= 11 is 0. The zero-order valence-electron chi connectivity index (χ0n) is 13.7. The van der Waals surface area contributed by atoms with Crippen LogP contribution in [0.3, 0.4) is 0 Å². The molecule has 0 bridgehead atoms. The molecule has 0 atom stereocenters. The van der Waals surface area contributed by atoms with E-state index in [1.54, 1.807) is 30.3 Å². The van der Waals surface area contributed by atoms with Gasteiger partial charge in [0.2, 0.25) is 10.0 Å². The number of fused-ring (bicyclic) bond motifs is 1. The quantitative estimate of drug-likeness (QED) is 0.800. The van der Waals surface area contributed by atoms with Crippen LogP contribution in [-0.2, 0) is 23.5 Å². The number of aromatic nitrogens is 3. The summed E-state index contributed by atoms with van der Waals surface area (Å²) < 4.78 is 27.3. The van der Waals surface area contributed by atoms with E-state index in [9.17, 15) is 13.2 Å². The Morgan fingerprint density at radius 2 is 2.12 bits per heavy atom. The van der Waals surface area contributed by atoms with Gasteiger partial charge in [-0.05, 0) is 30.5 Å². The number of anilines is 2. The minimum absolute atomic E-state index is 0.0872. The molecule has 2 aromatic rings. The van der Waals surface area contributed by atoms with E-state index in [4.69, 9.17) is 0 Å². The average molecular weight is 359 g/mol. The van der Waals surface area contributed by atoms with E-state index in [0.29, 0.717) is 24.3 Å². The molecule has 0 spiro atoms. The summed E-state index contributed by atoms with van der Waals surface area (Å²) in [5, 5.41) is 7.55. The van der Waals surface area contributed by atoms with Crippen molar-refractivity contribution in [2.75, 3.05) is 21.5 Å².